The fourth-order valence-electron chi connectivity index (χ4n) is 2.68. The summed E-state index contributed by atoms with van der Waals surface area (Å²) in [5.74, 6) is 1.19. The molecule has 1 saturated carbocycles. The van der Waals surface area contributed by atoms with Crippen molar-refractivity contribution in [1.82, 2.24) is 0 Å². The Kier molecular flexibility index (Phi) is 10.0. The summed E-state index contributed by atoms with van der Waals surface area (Å²) in [6.07, 6.45) is 8.03. The first kappa shape index (κ1) is 20.0. The number of nitrogens with one attached hydrogen (secondary N) is 1. The van der Waals surface area contributed by atoms with E-state index in [-0.39, 0.29) is 24.0 Å². The van der Waals surface area contributed by atoms with Gasteiger partial charge in [0.1, 0.15) is 5.75 Å². The van der Waals surface area contributed by atoms with Gasteiger partial charge in [0.2, 0.25) is 0 Å². The molecule has 1 aromatic carbocycles. The number of aliphatic imine (C=N–C) groups is 1. The van der Waals surface area contributed by atoms with Gasteiger partial charge in [-0.25, -0.2) is 0 Å². The predicted octanol–water partition coefficient (Wildman–Crippen LogP) is 3.78. The number of nitrogens with zero attached hydrogens (tertiary/aromatic N) is 1. The number of guanidine groups is 1. The average Bonchev–Trinajstić information content (AvgIpc) is 2.80. The van der Waals surface area contributed by atoms with E-state index in [4.69, 9.17) is 15.2 Å². The average molecular weight is 433 g/mol. The van der Waals surface area contributed by atoms with Gasteiger partial charge in [0, 0.05) is 11.8 Å². The molecule has 0 bridgehead atoms. The van der Waals surface area contributed by atoms with Crippen LogP contribution in [0, 0.1) is 0 Å². The second-order valence-electron chi connectivity index (χ2n) is 5.61. The van der Waals surface area contributed by atoms with Crippen molar-refractivity contribution < 1.29 is 9.47 Å². The van der Waals surface area contributed by atoms with E-state index in [0.29, 0.717) is 25.2 Å². The van der Waals surface area contributed by atoms with Crippen LogP contribution in [0.4, 0.5) is 5.69 Å². The fourth-order valence-corrected chi connectivity index (χ4v) is 2.68. The molecule has 1 aliphatic carbocycles. The minimum atomic E-state index is 0. The number of ether oxygens (including phenoxy) is 2. The smallest absolute Gasteiger partial charge is 0.193 e. The maximum atomic E-state index is 5.89. The van der Waals surface area contributed by atoms with E-state index in [0.717, 1.165) is 11.4 Å². The Hall–Kier alpha value is -1.02. The monoisotopic (exact) mass is 433 g/mol. The largest absolute Gasteiger partial charge is 0.497 e. The summed E-state index contributed by atoms with van der Waals surface area (Å²) >= 11 is 0. The topological polar surface area (TPSA) is 68.9 Å². The van der Waals surface area contributed by atoms with Crippen LogP contribution in [0.1, 0.15) is 38.5 Å². The van der Waals surface area contributed by atoms with Gasteiger partial charge in [0.25, 0.3) is 0 Å². The zero-order valence-corrected chi connectivity index (χ0v) is 16.1. The van der Waals surface area contributed by atoms with Gasteiger partial charge in [-0.2, -0.15) is 0 Å². The number of hydrogen-bond acceptors (Lipinski definition) is 3. The highest BCUT2D eigenvalue weighted by Crippen LogP contribution is 2.19. The number of halogens is 1. The Balaban J connectivity index is 0.00000264. The van der Waals surface area contributed by atoms with Crippen molar-refractivity contribution in [1.29, 1.82) is 0 Å². The van der Waals surface area contributed by atoms with E-state index in [1.807, 2.05) is 24.3 Å². The lowest BCUT2D eigenvalue weighted by molar-refractivity contribution is 0.0487. The molecule has 1 aliphatic rings. The zero-order chi connectivity index (χ0) is 15.6. The Morgan fingerprint density at radius 3 is 2.70 bits per heavy atom. The molecule has 0 atom stereocenters. The van der Waals surface area contributed by atoms with E-state index in [1.165, 1.54) is 38.5 Å². The third-order valence-electron chi connectivity index (χ3n) is 3.87. The standard InChI is InChI=1S/C17H27N3O2.HI/c1-21-16-10-6-7-14(13-16)20-17(18)19-11-12-22-15-8-4-2-3-5-9-15;/h6-7,10,13,15H,2-5,8-9,11-12H2,1H3,(H3,18,19,20);1H. The maximum absolute atomic E-state index is 5.89. The number of rotatable bonds is 6. The number of benzene rings is 1. The Morgan fingerprint density at radius 1 is 1.26 bits per heavy atom. The molecule has 23 heavy (non-hydrogen) atoms. The minimum Gasteiger partial charge on any atom is -0.497 e. The van der Waals surface area contributed by atoms with Crippen LogP contribution in [0.15, 0.2) is 29.3 Å². The molecule has 6 heteroatoms. The fraction of sp³-hybridized carbons (Fsp3) is 0.588. The number of hydrogen-bond donors (Lipinski definition) is 2. The van der Waals surface area contributed by atoms with E-state index in [9.17, 15) is 0 Å². The molecule has 0 radical (unpaired) electrons. The van der Waals surface area contributed by atoms with Gasteiger partial charge in [-0.15, -0.1) is 24.0 Å². The molecule has 1 aromatic rings. The summed E-state index contributed by atoms with van der Waals surface area (Å²) in [6.45, 7) is 1.21. The van der Waals surface area contributed by atoms with Gasteiger partial charge in [-0.05, 0) is 25.0 Å². The molecule has 5 nitrogen and oxygen atoms in total. The van der Waals surface area contributed by atoms with Crippen LogP contribution in [0.25, 0.3) is 0 Å². The summed E-state index contributed by atoms with van der Waals surface area (Å²) in [5.41, 5.74) is 6.75. The molecule has 0 amide bonds. The number of methoxy groups -OCH3 is 1. The highest BCUT2D eigenvalue weighted by Gasteiger charge is 2.11. The van der Waals surface area contributed by atoms with Crippen LogP contribution in [0.5, 0.6) is 5.75 Å². The van der Waals surface area contributed by atoms with Crippen molar-refractivity contribution >= 4 is 35.6 Å². The summed E-state index contributed by atoms with van der Waals surface area (Å²) in [5, 5.41) is 3.06. The van der Waals surface area contributed by atoms with Crippen LogP contribution >= 0.6 is 24.0 Å². The van der Waals surface area contributed by atoms with Gasteiger partial charge in [-0.1, -0.05) is 31.7 Å². The highest BCUT2D eigenvalue weighted by molar-refractivity contribution is 14.0. The van der Waals surface area contributed by atoms with E-state index in [2.05, 4.69) is 10.3 Å². The maximum Gasteiger partial charge on any atom is 0.193 e. The van der Waals surface area contributed by atoms with Crippen LogP contribution in [0.3, 0.4) is 0 Å². The SMILES string of the molecule is COc1cccc(NC(N)=NCCOC2CCCCCC2)c1.I. The lowest BCUT2D eigenvalue weighted by atomic mass is 10.1. The summed E-state index contributed by atoms with van der Waals surface area (Å²) < 4.78 is 11.1. The highest BCUT2D eigenvalue weighted by atomic mass is 127. The van der Waals surface area contributed by atoms with Crippen molar-refractivity contribution in [3.63, 3.8) is 0 Å². The molecule has 0 aliphatic heterocycles. The molecular formula is C17H28IN3O2. The Bertz CT molecular complexity index is 475. The molecular weight excluding hydrogens is 405 g/mol. The molecule has 1 fully saturated rings. The molecule has 130 valence electrons. The summed E-state index contributed by atoms with van der Waals surface area (Å²) in [7, 11) is 1.64. The molecule has 0 heterocycles. The Labute approximate surface area is 156 Å². The molecule has 0 aromatic heterocycles. The van der Waals surface area contributed by atoms with Crippen molar-refractivity contribution in [3.05, 3.63) is 24.3 Å². The third kappa shape index (κ3) is 7.87. The van der Waals surface area contributed by atoms with Gasteiger partial charge in [0.05, 0.1) is 26.4 Å². The van der Waals surface area contributed by atoms with Gasteiger partial charge in [0.15, 0.2) is 5.96 Å². The minimum absolute atomic E-state index is 0. The molecule has 3 N–H and O–H groups in total. The van der Waals surface area contributed by atoms with Crippen LogP contribution in [0.2, 0.25) is 0 Å². The quantitative estimate of drug-likeness (QED) is 0.236. The second kappa shape index (κ2) is 11.5. The van der Waals surface area contributed by atoms with E-state index >= 15 is 0 Å². The van der Waals surface area contributed by atoms with Crippen LogP contribution in [-0.2, 0) is 4.74 Å². The first-order chi connectivity index (χ1) is 10.8. The first-order valence-electron chi connectivity index (χ1n) is 8.10. The van der Waals surface area contributed by atoms with Gasteiger partial charge >= 0.3 is 0 Å². The molecule has 0 spiro atoms. The van der Waals surface area contributed by atoms with Crippen molar-refractivity contribution in [3.8, 4) is 5.75 Å². The van der Waals surface area contributed by atoms with E-state index in [1.54, 1.807) is 7.11 Å². The lowest BCUT2D eigenvalue weighted by Crippen LogP contribution is -2.24. The van der Waals surface area contributed by atoms with Gasteiger partial charge in [-0.3, -0.25) is 4.99 Å². The van der Waals surface area contributed by atoms with Gasteiger partial charge < -0.3 is 20.5 Å². The summed E-state index contributed by atoms with van der Waals surface area (Å²) in [6, 6.07) is 7.60. The van der Waals surface area contributed by atoms with Crippen LogP contribution < -0.4 is 15.8 Å². The lowest BCUT2D eigenvalue weighted by Gasteiger charge is -2.14. The molecule has 0 unspecified atom stereocenters. The third-order valence-corrected chi connectivity index (χ3v) is 3.87. The molecule has 0 saturated heterocycles. The number of anilines is 1. The van der Waals surface area contributed by atoms with Crippen molar-refractivity contribution in [2.75, 3.05) is 25.6 Å². The van der Waals surface area contributed by atoms with E-state index < -0.39 is 0 Å². The Morgan fingerprint density at radius 2 is 2.00 bits per heavy atom. The number of nitrogens with two attached hydrogens (primary N) is 1. The molecule has 2 rings (SSSR count). The summed E-state index contributed by atoms with van der Waals surface area (Å²) in [4.78, 5) is 4.30. The zero-order valence-electron chi connectivity index (χ0n) is 13.8. The van der Waals surface area contributed by atoms with Crippen molar-refractivity contribution in [2.45, 2.75) is 44.6 Å². The van der Waals surface area contributed by atoms with Crippen molar-refractivity contribution in [2.24, 2.45) is 10.7 Å². The second-order valence-corrected chi connectivity index (χ2v) is 5.61. The predicted molar refractivity (Wildman–Crippen MR) is 106 cm³/mol. The first-order valence-corrected chi connectivity index (χ1v) is 8.10. The van der Waals surface area contributed by atoms with Crippen LogP contribution in [-0.4, -0.2) is 32.3 Å². The normalized spacial score (nSPS) is 16.3.